The number of likely N-dealkylation sites (tertiary alicyclic amines) is 1. The Morgan fingerprint density at radius 1 is 1.19 bits per heavy atom. The summed E-state index contributed by atoms with van der Waals surface area (Å²) in [6.07, 6.45) is 4.44. The molecule has 1 saturated heterocycles. The van der Waals surface area contributed by atoms with Crippen LogP contribution in [0.3, 0.4) is 0 Å². The van der Waals surface area contributed by atoms with Crippen molar-refractivity contribution < 1.29 is 8.42 Å². The van der Waals surface area contributed by atoms with E-state index < -0.39 is 9.84 Å². The SMILES string of the molecule is CCCCN1C[C@H](C)CC[C@@H]1CS(=O)(=O)c1ccccc1. The lowest BCUT2D eigenvalue weighted by Gasteiger charge is -2.38. The van der Waals surface area contributed by atoms with Gasteiger partial charge in [-0.15, -0.1) is 0 Å². The molecule has 3 nitrogen and oxygen atoms in total. The second-order valence-electron chi connectivity index (χ2n) is 6.28. The van der Waals surface area contributed by atoms with Crippen molar-refractivity contribution in [3.05, 3.63) is 30.3 Å². The molecule has 0 bridgehead atoms. The van der Waals surface area contributed by atoms with Gasteiger partial charge in [0.05, 0.1) is 10.6 Å². The lowest BCUT2D eigenvalue weighted by molar-refractivity contribution is 0.125. The number of piperidine rings is 1. The summed E-state index contributed by atoms with van der Waals surface area (Å²) in [5.41, 5.74) is 0. The molecule has 21 heavy (non-hydrogen) atoms. The van der Waals surface area contributed by atoms with Crippen LogP contribution in [-0.4, -0.2) is 38.2 Å². The van der Waals surface area contributed by atoms with Crippen LogP contribution in [0.5, 0.6) is 0 Å². The normalized spacial score (nSPS) is 24.1. The van der Waals surface area contributed by atoms with Gasteiger partial charge in [0.2, 0.25) is 0 Å². The van der Waals surface area contributed by atoms with Gasteiger partial charge < -0.3 is 0 Å². The monoisotopic (exact) mass is 309 g/mol. The highest BCUT2D eigenvalue weighted by molar-refractivity contribution is 7.91. The quantitative estimate of drug-likeness (QED) is 0.808. The molecule has 4 heteroatoms. The number of rotatable bonds is 6. The fourth-order valence-electron chi connectivity index (χ4n) is 3.10. The van der Waals surface area contributed by atoms with Gasteiger partial charge in [-0.1, -0.05) is 38.5 Å². The standard InChI is InChI=1S/C17H27NO2S/c1-3-4-12-18-13-15(2)10-11-16(18)14-21(19,20)17-8-6-5-7-9-17/h5-9,15-16H,3-4,10-14H2,1-2H3/t15-,16-/m1/s1. The number of sulfone groups is 1. The molecule has 118 valence electrons. The molecule has 0 N–H and O–H groups in total. The van der Waals surface area contributed by atoms with Crippen molar-refractivity contribution in [2.24, 2.45) is 5.92 Å². The first-order valence-electron chi connectivity index (χ1n) is 8.04. The molecular weight excluding hydrogens is 282 g/mol. The Bertz CT molecular complexity index is 527. The third kappa shape index (κ3) is 4.55. The molecule has 1 aliphatic rings. The number of nitrogens with zero attached hydrogens (tertiary/aromatic N) is 1. The van der Waals surface area contributed by atoms with E-state index in [-0.39, 0.29) is 11.8 Å². The van der Waals surface area contributed by atoms with E-state index in [1.54, 1.807) is 24.3 Å². The lowest BCUT2D eigenvalue weighted by Crippen LogP contribution is -2.46. The van der Waals surface area contributed by atoms with Gasteiger partial charge >= 0.3 is 0 Å². The third-order valence-corrected chi connectivity index (χ3v) is 6.18. The maximum atomic E-state index is 12.6. The van der Waals surface area contributed by atoms with Gasteiger partial charge in [-0.05, 0) is 43.9 Å². The summed E-state index contributed by atoms with van der Waals surface area (Å²) < 4.78 is 25.1. The van der Waals surface area contributed by atoms with Crippen molar-refractivity contribution in [2.45, 2.75) is 50.5 Å². The summed E-state index contributed by atoms with van der Waals surface area (Å²) in [4.78, 5) is 2.86. The highest BCUT2D eigenvalue weighted by atomic mass is 32.2. The Hall–Kier alpha value is -0.870. The van der Waals surface area contributed by atoms with Gasteiger partial charge in [0.15, 0.2) is 9.84 Å². The van der Waals surface area contributed by atoms with Gasteiger partial charge in [-0.3, -0.25) is 4.90 Å². The van der Waals surface area contributed by atoms with E-state index in [4.69, 9.17) is 0 Å². The van der Waals surface area contributed by atoms with Crippen LogP contribution >= 0.6 is 0 Å². The molecule has 1 aromatic carbocycles. The maximum Gasteiger partial charge on any atom is 0.179 e. The van der Waals surface area contributed by atoms with Gasteiger partial charge in [-0.25, -0.2) is 8.42 Å². The first kappa shape index (κ1) is 16.5. The molecule has 0 aromatic heterocycles. The van der Waals surface area contributed by atoms with Gasteiger partial charge in [0.1, 0.15) is 0 Å². The summed E-state index contributed by atoms with van der Waals surface area (Å²) in [6, 6.07) is 9.04. The van der Waals surface area contributed by atoms with E-state index in [0.29, 0.717) is 10.8 Å². The lowest BCUT2D eigenvalue weighted by atomic mass is 9.95. The van der Waals surface area contributed by atoms with E-state index in [1.165, 1.54) is 0 Å². The molecule has 0 unspecified atom stereocenters. The zero-order valence-corrected chi connectivity index (χ0v) is 14.0. The minimum absolute atomic E-state index is 0.179. The van der Waals surface area contributed by atoms with E-state index in [1.807, 2.05) is 6.07 Å². The Morgan fingerprint density at radius 3 is 2.57 bits per heavy atom. The van der Waals surface area contributed by atoms with Crippen molar-refractivity contribution >= 4 is 9.84 Å². The van der Waals surface area contributed by atoms with Crippen LogP contribution in [-0.2, 0) is 9.84 Å². The van der Waals surface area contributed by atoms with E-state index in [9.17, 15) is 8.42 Å². The van der Waals surface area contributed by atoms with E-state index in [0.717, 1.165) is 38.8 Å². The summed E-state index contributed by atoms with van der Waals surface area (Å²) >= 11 is 0. The van der Waals surface area contributed by atoms with Gasteiger partial charge in [0.25, 0.3) is 0 Å². The fraction of sp³-hybridized carbons (Fsp3) is 0.647. The van der Waals surface area contributed by atoms with Crippen molar-refractivity contribution in [3.63, 3.8) is 0 Å². The average Bonchev–Trinajstić information content (AvgIpc) is 2.48. The average molecular weight is 309 g/mol. The highest BCUT2D eigenvalue weighted by Gasteiger charge is 2.30. The predicted molar refractivity (Wildman–Crippen MR) is 87.2 cm³/mol. The second-order valence-corrected chi connectivity index (χ2v) is 8.31. The third-order valence-electron chi connectivity index (χ3n) is 4.37. The number of hydrogen-bond acceptors (Lipinski definition) is 3. The molecule has 1 heterocycles. The zero-order chi connectivity index (χ0) is 15.3. The van der Waals surface area contributed by atoms with Crippen molar-refractivity contribution in [1.82, 2.24) is 4.90 Å². The molecule has 1 aliphatic heterocycles. The van der Waals surface area contributed by atoms with Crippen LogP contribution in [0.4, 0.5) is 0 Å². The number of unbranched alkanes of at least 4 members (excludes halogenated alkanes) is 1. The molecule has 0 aliphatic carbocycles. The van der Waals surface area contributed by atoms with Crippen molar-refractivity contribution in [1.29, 1.82) is 0 Å². The minimum atomic E-state index is -3.18. The van der Waals surface area contributed by atoms with Crippen LogP contribution in [0.2, 0.25) is 0 Å². The van der Waals surface area contributed by atoms with Gasteiger partial charge in [0, 0.05) is 12.6 Å². The predicted octanol–water partition coefficient (Wildman–Crippen LogP) is 3.36. The highest BCUT2D eigenvalue weighted by Crippen LogP contribution is 2.25. The first-order chi connectivity index (χ1) is 10.0. The molecule has 1 fully saturated rings. The summed E-state index contributed by atoms with van der Waals surface area (Å²) in [5.74, 6) is 0.936. The largest absolute Gasteiger partial charge is 0.299 e. The van der Waals surface area contributed by atoms with Crippen LogP contribution in [0.15, 0.2) is 35.2 Å². The molecule has 0 amide bonds. The van der Waals surface area contributed by atoms with E-state index in [2.05, 4.69) is 18.7 Å². The maximum absolute atomic E-state index is 12.6. The summed E-state index contributed by atoms with van der Waals surface area (Å²) in [7, 11) is -3.18. The molecule has 2 atom stereocenters. The minimum Gasteiger partial charge on any atom is -0.299 e. The summed E-state index contributed by atoms with van der Waals surface area (Å²) in [6.45, 7) is 6.51. The molecular formula is C17H27NO2S. The summed E-state index contributed by atoms with van der Waals surface area (Å²) in [5, 5.41) is 0. The molecule has 2 rings (SSSR count). The molecule has 0 radical (unpaired) electrons. The van der Waals surface area contributed by atoms with E-state index >= 15 is 0 Å². The van der Waals surface area contributed by atoms with Crippen molar-refractivity contribution in [3.8, 4) is 0 Å². The number of hydrogen-bond donors (Lipinski definition) is 0. The molecule has 0 saturated carbocycles. The van der Waals surface area contributed by atoms with Crippen LogP contribution in [0, 0.1) is 5.92 Å². The molecule has 1 aromatic rings. The van der Waals surface area contributed by atoms with Crippen LogP contribution in [0.25, 0.3) is 0 Å². The Balaban J connectivity index is 2.08. The van der Waals surface area contributed by atoms with Crippen LogP contribution < -0.4 is 0 Å². The second kappa shape index (κ2) is 7.41. The number of benzene rings is 1. The zero-order valence-electron chi connectivity index (χ0n) is 13.2. The Kier molecular flexibility index (Phi) is 5.82. The van der Waals surface area contributed by atoms with Crippen LogP contribution in [0.1, 0.15) is 39.5 Å². The fourth-order valence-corrected chi connectivity index (χ4v) is 4.75. The smallest absolute Gasteiger partial charge is 0.179 e. The Labute approximate surface area is 129 Å². The molecule has 0 spiro atoms. The topological polar surface area (TPSA) is 37.4 Å². The van der Waals surface area contributed by atoms with Crippen molar-refractivity contribution in [2.75, 3.05) is 18.8 Å². The van der Waals surface area contributed by atoms with Gasteiger partial charge in [-0.2, -0.15) is 0 Å². The first-order valence-corrected chi connectivity index (χ1v) is 9.70. The Morgan fingerprint density at radius 2 is 1.90 bits per heavy atom.